The number of carbonyl (C=O) groups is 1. The van der Waals surface area contributed by atoms with Crippen molar-refractivity contribution in [2.75, 3.05) is 13.1 Å². The lowest BCUT2D eigenvalue weighted by Crippen LogP contribution is -2.47. The first-order valence-electron chi connectivity index (χ1n) is 5.74. The lowest BCUT2D eigenvalue weighted by molar-refractivity contribution is 0.0623. The standard InChI is InChI=1S/C12H17N3O.2ClH/c13-8-11-5-1-2-7-15(11)12(16)10-4-3-6-14-9-10;;/h3-4,6,9,11H,1-2,5,7-8,13H2;2*1H. The van der Waals surface area contributed by atoms with Crippen LogP contribution in [0.15, 0.2) is 24.5 Å². The molecule has 1 aliphatic heterocycles. The monoisotopic (exact) mass is 291 g/mol. The van der Waals surface area contributed by atoms with Gasteiger partial charge in [0.2, 0.25) is 0 Å². The van der Waals surface area contributed by atoms with Gasteiger partial charge in [0.05, 0.1) is 5.56 Å². The van der Waals surface area contributed by atoms with Crippen LogP contribution in [0.1, 0.15) is 29.6 Å². The van der Waals surface area contributed by atoms with Crippen molar-refractivity contribution in [3.8, 4) is 0 Å². The predicted molar refractivity (Wildman–Crippen MR) is 76.5 cm³/mol. The maximum absolute atomic E-state index is 12.2. The molecule has 1 saturated heterocycles. The number of nitrogens with zero attached hydrogens (tertiary/aromatic N) is 2. The minimum atomic E-state index is 0. The minimum Gasteiger partial charge on any atom is -0.334 e. The van der Waals surface area contributed by atoms with E-state index in [1.807, 2.05) is 4.90 Å². The number of nitrogens with two attached hydrogens (primary N) is 1. The van der Waals surface area contributed by atoms with Crippen LogP contribution in [0.2, 0.25) is 0 Å². The summed E-state index contributed by atoms with van der Waals surface area (Å²) in [5.41, 5.74) is 6.36. The van der Waals surface area contributed by atoms with Gasteiger partial charge in [-0.25, -0.2) is 0 Å². The average molecular weight is 292 g/mol. The van der Waals surface area contributed by atoms with Gasteiger partial charge in [0.1, 0.15) is 0 Å². The number of piperidine rings is 1. The smallest absolute Gasteiger partial charge is 0.255 e. The molecule has 0 aromatic carbocycles. The summed E-state index contributed by atoms with van der Waals surface area (Å²) in [5.74, 6) is 0.0586. The van der Waals surface area contributed by atoms with Gasteiger partial charge in [-0.1, -0.05) is 0 Å². The molecule has 2 N–H and O–H groups in total. The van der Waals surface area contributed by atoms with E-state index >= 15 is 0 Å². The Morgan fingerprint density at radius 2 is 2.22 bits per heavy atom. The van der Waals surface area contributed by atoms with Gasteiger partial charge in [-0.2, -0.15) is 0 Å². The second kappa shape index (κ2) is 8.29. The normalized spacial score (nSPS) is 18.5. The minimum absolute atomic E-state index is 0. The van der Waals surface area contributed by atoms with Crippen LogP contribution in [0.3, 0.4) is 0 Å². The van der Waals surface area contributed by atoms with Crippen LogP contribution in [0, 0.1) is 0 Å². The number of hydrogen-bond donors (Lipinski definition) is 1. The fourth-order valence-corrected chi connectivity index (χ4v) is 2.17. The van der Waals surface area contributed by atoms with E-state index in [9.17, 15) is 4.79 Å². The topological polar surface area (TPSA) is 59.2 Å². The molecule has 0 bridgehead atoms. The van der Waals surface area contributed by atoms with Crippen molar-refractivity contribution in [3.05, 3.63) is 30.1 Å². The third-order valence-corrected chi connectivity index (χ3v) is 3.07. The number of halogens is 2. The molecule has 1 unspecified atom stereocenters. The Kier molecular flexibility index (Phi) is 7.91. The summed E-state index contributed by atoms with van der Waals surface area (Å²) in [6.07, 6.45) is 6.54. The van der Waals surface area contributed by atoms with Gasteiger partial charge in [-0.3, -0.25) is 9.78 Å². The Balaban J connectivity index is 0.00000144. The van der Waals surface area contributed by atoms with E-state index in [2.05, 4.69) is 4.98 Å². The van der Waals surface area contributed by atoms with Crippen molar-refractivity contribution in [2.45, 2.75) is 25.3 Å². The Morgan fingerprint density at radius 3 is 2.83 bits per heavy atom. The fraction of sp³-hybridized carbons (Fsp3) is 0.500. The summed E-state index contributed by atoms with van der Waals surface area (Å²) in [6, 6.07) is 3.79. The fourth-order valence-electron chi connectivity index (χ4n) is 2.17. The highest BCUT2D eigenvalue weighted by Gasteiger charge is 2.26. The van der Waals surface area contributed by atoms with Crippen LogP contribution in [-0.2, 0) is 0 Å². The number of rotatable bonds is 2. The molecule has 1 aromatic heterocycles. The van der Waals surface area contributed by atoms with Crippen molar-refractivity contribution >= 4 is 30.7 Å². The van der Waals surface area contributed by atoms with Gasteiger partial charge >= 0.3 is 0 Å². The van der Waals surface area contributed by atoms with Crippen LogP contribution >= 0.6 is 24.8 Å². The highest BCUT2D eigenvalue weighted by molar-refractivity contribution is 5.94. The molecule has 0 aliphatic carbocycles. The Hall–Kier alpha value is -0.840. The van der Waals surface area contributed by atoms with Crippen LogP contribution in [0.25, 0.3) is 0 Å². The summed E-state index contributed by atoms with van der Waals surface area (Å²) in [4.78, 5) is 18.1. The molecule has 0 spiro atoms. The molecule has 1 aromatic rings. The number of amides is 1. The second-order valence-electron chi connectivity index (χ2n) is 4.13. The molecule has 0 radical (unpaired) electrons. The molecule has 1 amide bonds. The maximum Gasteiger partial charge on any atom is 0.255 e. The van der Waals surface area contributed by atoms with E-state index < -0.39 is 0 Å². The zero-order valence-electron chi connectivity index (χ0n) is 10.1. The van der Waals surface area contributed by atoms with Crippen LogP contribution in [0.5, 0.6) is 0 Å². The van der Waals surface area contributed by atoms with Crippen LogP contribution in [-0.4, -0.2) is 34.9 Å². The number of likely N-dealkylation sites (tertiary alicyclic amines) is 1. The molecule has 2 heterocycles. The molecule has 0 saturated carbocycles. The van der Waals surface area contributed by atoms with Gasteiger partial charge in [0.15, 0.2) is 0 Å². The van der Waals surface area contributed by atoms with E-state index in [0.29, 0.717) is 12.1 Å². The van der Waals surface area contributed by atoms with Crippen LogP contribution < -0.4 is 5.73 Å². The first-order chi connectivity index (χ1) is 7.83. The van der Waals surface area contributed by atoms with Crippen LogP contribution in [0.4, 0.5) is 0 Å². The third kappa shape index (κ3) is 3.83. The molecule has 102 valence electrons. The first kappa shape index (κ1) is 17.2. The molecule has 2 rings (SSSR count). The molecular formula is C12H19Cl2N3O. The quantitative estimate of drug-likeness (QED) is 0.905. The third-order valence-electron chi connectivity index (χ3n) is 3.07. The average Bonchev–Trinajstić information content (AvgIpc) is 2.39. The summed E-state index contributed by atoms with van der Waals surface area (Å²) in [7, 11) is 0. The summed E-state index contributed by atoms with van der Waals surface area (Å²) in [5, 5.41) is 0. The number of aromatic nitrogens is 1. The van der Waals surface area contributed by atoms with E-state index in [0.717, 1.165) is 19.4 Å². The summed E-state index contributed by atoms with van der Waals surface area (Å²) < 4.78 is 0. The molecule has 4 nitrogen and oxygen atoms in total. The highest BCUT2D eigenvalue weighted by atomic mass is 35.5. The van der Waals surface area contributed by atoms with Crippen molar-refractivity contribution < 1.29 is 4.79 Å². The SMILES string of the molecule is Cl.Cl.NCC1CCCCN1C(=O)c1cccnc1. The lowest BCUT2D eigenvalue weighted by atomic mass is 10.0. The number of carbonyl (C=O) groups excluding carboxylic acids is 1. The lowest BCUT2D eigenvalue weighted by Gasteiger charge is -2.35. The van der Waals surface area contributed by atoms with Crippen molar-refractivity contribution in [2.24, 2.45) is 5.73 Å². The van der Waals surface area contributed by atoms with E-state index in [1.54, 1.807) is 24.5 Å². The molecular weight excluding hydrogens is 273 g/mol. The Bertz CT molecular complexity index is 362. The number of pyridine rings is 1. The predicted octanol–water partition coefficient (Wildman–Crippen LogP) is 1.88. The summed E-state index contributed by atoms with van der Waals surface area (Å²) >= 11 is 0. The van der Waals surface area contributed by atoms with Gasteiger partial charge in [-0.15, -0.1) is 24.8 Å². The van der Waals surface area contributed by atoms with E-state index in [1.165, 1.54) is 6.42 Å². The van der Waals surface area contributed by atoms with Crippen molar-refractivity contribution in [1.82, 2.24) is 9.88 Å². The number of hydrogen-bond acceptors (Lipinski definition) is 3. The highest BCUT2D eigenvalue weighted by Crippen LogP contribution is 2.18. The molecule has 1 fully saturated rings. The Morgan fingerprint density at radius 1 is 1.44 bits per heavy atom. The summed E-state index contributed by atoms with van der Waals surface area (Å²) in [6.45, 7) is 1.36. The molecule has 1 atom stereocenters. The second-order valence-corrected chi connectivity index (χ2v) is 4.13. The zero-order valence-corrected chi connectivity index (χ0v) is 11.8. The van der Waals surface area contributed by atoms with Gasteiger partial charge < -0.3 is 10.6 Å². The van der Waals surface area contributed by atoms with Crippen molar-refractivity contribution in [1.29, 1.82) is 0 Å². The molecule has 18 heavy (non-hydrogen) atoms. The molecule has 6 heteroatoms. The largest absolute Gasteiger partial charge is 0.334 e. The van der Waals surface area contributed by atoms with Crippen molar-refractivity contribution in [3.63, 3.8) is 0 Å². The Labute approximate surface area is 120 Å². The van der Waals surface area contributed by atoms with Gasteiger partial charge in [0, 0.05) is 31.5 Å². The maximum atomic E-state index is 12.2. The van der Waals surface area contributed by atoms with Gasteiger partial charge in [0.25, 0.3) is 5.91 Å². The van der Waals surface area contributed by atoms with E-state index in [4.69, 9.17) is 5.73 Å². The zero-order chi connectivity index (χ0) is 11.4. The van der Waals surface area contributed by atoms with E-state index in [-0.39, 0.29) is 36.8 Å². The molecule has 1 aliphatic rings. The van der Waals surface area contributed by atoms with Gasteiger partial charge in [-0.05, 0) is 31.4 Å². The first-order valence-corrected chi connectivity index (χ1v) is 5.74.